The third-order valence-electron chi connectivity index (χ3n) is 7.43. The Balaban J connectivity index is 1.34. The molecule has 1 fully saturated rings. The van der Waals surface area contributed by atoms with Gasteiger partial charge in [0.15, 0.2) is 17.7 Å². The van der Waals surface area contributed by atoms with Gasteiger partial charge in [-0.3, -0.25) is 9.59 Å². The zero-order valence-electron chi connectivity index (χ0n) is 19.9. The molecule has 2 aromatic carbocycles. The molecule has 1 N–H and O–H groups in total. The number of hydrogen-bond donors (Lipinski definition) is 1. The highest BCUT2D eigenvalue weighted by Gasteiger charge is 2.37. The van der Waals surface area contributed by atoms with Crippen molar-refractivity contribution in [1.82, 2.24) is 4.90 Å². The highest BCUT2D eigenvalue weighted by molar-refractivity contribution is 6.32. The normalized spacial score (nSPS) is 20.9. The first kappa shape index (κ1) is 22.0. The summed E-state index contributed by atoms with van der Waals surface area (Å²) < 4.78 is 6.25. The summed E-state index contributed by atoms with van der Waals surface area (Å²) >= 11 is 0. The monoisotopic (exact) mass is 467 g/mol. The molecule has 0 saturated carbocycles. The van der Waals surface area contributed by atoms with Crippen molar-refractivity contribution in [2.24, 2.45) is 10.9 Å². The van der Waals surface area contributed by atoms with Crippen LogP contribution in [-0.4, -0.2) is 54.5 Å². The molecule has 1 saturated heterocycles. The van der Waals surface area contributed by atoms with Gasteiger partial charge in [-0.15, -0.1) is 0 Å². The maximum Gasteiger partial charge on any atom is 0.196 e. The number of anilines is 1. The first-order chi connectivity index (χ1) is 17.1. The lowest BCUT2D eigenvalue weighted by atomic mass is 9.81. The van der Waals surface area contributed by atoms with E-state index in [1.807, 2.05) is 30.4 Å². The number of carbonyl (C=O) groups is 2. The van der Waals surface area contributed by atoms with Gasteiger partial charge in [0.1, 0.15) is 11.4 Å². The van der Waals surface area contributed by atoms with Crippen molar-refractivity contribution in [2.75, 3.05) is 31.5 Å². The maximum absolute atomic E-state index is 13.7. The van der Waals surface area contributed by atoms with Crippen LogP contribution >= 0.6 is 0 Å². The van der Waals surface area contributed by atoms with E-state index in [0.29, 0.717) is 45.9 Å². The van der Waals surface area contributed by atoms with Crippen LogP contribution in [0, 0.1) is 5.92 Å². The number of piperidine rings is 1. The number of benzene rings is 2. The van der Waals surface area contributed by atoms with Gasteiger partial charge < -0.3 is 15.0 Å². The molecule has 6 heteroatoms. The molecule has 35 heavy (non-hydrogen) atoms. The molecular weight excluding hydrogens is 438 g/mol. The van der Waals surface area contributed by atoms with Crippen molar-refractivity contribution < 1.29 is 14.3 Å². The van der Waals surface area contributed by atoms with Crippen LogP contribution in [0.5, 0.6) is 5.75 Å². The Labute approximate surface area is 205 Å². The Morgan fingerprint density at radius 2 is 1.80 bits per heavy atom. The van der Waals surface area contributed by atoms with Crippen molar-refractivity contribution in [3.63, 3.8) is 0 Å². The highest BCUT2D eigenvalue weighted by Crippen LogP contribution is 2.46. The number of ketones is 2. The number of aliphatic imine (C=N–C) groups is 1. The molecule has 0 amide bonds. The molecule has 2 aliphatic carbocycles. The number of carbonyl (C=O) groups excluding carboxylic acids is 2. The van der Waals surface area contributed by atoms with Crippen molar-refractivity contribution in [2.45, 2.75) is 32.3 Å². The summed E-state index contributed by atoms with van der Waals surface area (Å²) in [4.78, 5) is 34.6. The smallest absolute Gasteiger partial charge is 0.196 e. The van der Waals surface area contributed by atoms with E-state index in [9.17, 15) is 9.59 Å². The Kier molecular flexibility index (Phi) is 5.61. The van der Waals surface area contributed by atoms with E-state index in [1.165, 1.54) is 12.8 Å². The zero-order chi connectivity index (χ0) is 23.9. The van der Waals surface area contributed by atoms with Crippen molar-refractivity contribution in [1.29, 1.82) is 0 Å². The van der Waals surface area contributed by atoms with E-state index in [4.69, 9.17) is 9.73 Å². The number of nitrogens with zero attached hydrogens (tertiary/aromatic N) is 2. The van der Waals surface area contributed by atoms with Crippen LogP contribution in [-0.2, 0) is 0 Å². The minimum Gasteiger partial charge on any atom is -0.478 e. The lowest BCUT2D eigenvalue weighted by Gasteiger charge is -2.30. The third kappa shape index (κ3) is 3.92. The van der Waals surface area contributed by atoms with Crippen LogP contribution in [0.4, 0.5) is 11.4 Å². The molecule has 0 aromatic heterocycles. The highest BCUT2D eigenvalue weighted by atomic mass is 16.5. The van der Waals surface area contributed by atoms with Gasteiger partial charge in [-0.2, -0.15) is 0 Å². The Bertz CT molecular complexity index is 1300. The zero-order valence-corrected chi connectivity index (χ0v) is 19.9. The molecule has 1 unspecified atom stereocenters. The molecule has 0 spiro atoms. The van der Waals surface area contributed by atoms with Crippen LogP contribution in [0.3, 0.4) is 0 Å². The number of allylic oxidation sites excluding steroid dienone is 2. The van der Waals surface area contributed by atoms with Crippen LogP contribution in [0.25, 0.3) is 0 Å². The fourth-order valence-corrected chi connectivity index (χ4v) is 5.38. The van der Waals surface area contributed by atoms with Crippen LogP contribution in [0.2, 0.25) is 0 Å². The molecule has 2 aliphatic heterocycles. The molecular formula is C29H29N3O3. The summed E-state index contributed by atoms with van der Waals surface area (Å²) in [6, 6.07) is 8.88. The van der Waals surface area contributed by atoms with E-state index in [1.54, 1.807) is 24.3 Å². The van der Waals surface area contributed by atoms with Gasteiger partial charge >= 0.3 is 0 Å². The number of hydrogen-bond acceptors (Lipinski definition) is 6. The SMILES string of the molecule is CC1CCN(CCCNc2cc3c(c4c2C(=O)c2ccccc2C4=O)N=C2C=CC=CC2O3)CC1. The predicted molar refractivity (Wildman–Crippen MR) is 137 cm³/mol. The van der Waals surface area contributed by atoms with Crippen molar-refractivity contribution in [3.8, 4) is 5.75 Å². The minimum absolute atomic E-state index is 0.146. The standard InChI is InChI=1S/C29H29N3O3/c1-18-11-15-32(16-12-18)14-6-13-30-22-17-24-27(31-21-9-4-5-10-23(21)35-24)26-25(22)28(33)19-7-2-3-8-20(19)29(26)34/h2-5,7-10,17-18,23,30H,6,11-16H2,1H3. The van der Waals surface area contributed by atoms with Crippen molar-refractivity contribution in [3.05, 3.63) is 76.9 Å². The van der Waals surface area contributed by atoms with Gasteiger partial charge in [0.2, 0.25) is 0 Å². The number of rotatable bonds is 5. The first-order valence-corrected chi connectivity index (χ1v) is 12.6. The second-order valence-corrected chi connectivity index (χ2v) is 9.85. The minimum atomic E-state index is -0.290. The van der Waals surface area contributed by atoms with E-state index >= 15 is 0 Å². The lowest BCUT2D eigenvalue weighted by molar-refractivity contribution is 0.0979. The van der Waals surface area contributed by atoms with Gasteiger partial charge in [0, 0.05) is 29.4 Å². The molecule has 2 heterocycles. The van der Waals surface area contributed by atoms with Gasteiger partial charge in [-0.05, 0) is 57.0 Å². The number of likely N-dealkylation sites (tertiary alicyclic amines) is 1. The number of fused-ring (bicyclic) bond motifs is 5. The van der Waals surface area contributed by atoms with E-state index in [2.05, 4.69) is 17.1 Å². The average molecular weight is 468 g/mol. The van der Waals surface area contributed by atoms with Gasteiger partial charge in [0.25, 0.3) is 0 Å². The summed E-state index contributed by atoms with van der Waals surface area (Å²) in [6.07, 6.45) is 10.8. The Hall–Kier alpha value is -3.51. The second-order valence-electron chi connectivity index (χ2n) is 9.85. The van der Waals surface area contributed by atoms with Gasteiger partial charge in [-0.1, -0.05) is 43.3 Å². The summed E-state index contributed by atoms with van der Waals surface area (Å²) in [5.74, 6) is 1.02. The van der Waals surface area contributed by atoms with Gasteiger partial charge in [0.05, 0.1) is 16.8 Å². The number of ether oxygens (including phenoxy) is 1. The first-order valence-electron chi connectivity index (χ1n) is 12.6. The largest absolute Gasteiger partial charge is 0.478 e. The molecule has 2 aromatic rings. The quantitative estimate of drug-likeness (QED) is 0.538. The summed E-state index contributed by atoms with van der Waals surface area (Å²) in [7, 11) is 0. The van der Waals surface area contributed by atoms with E-state index < -0.39 is 0 Å². The molecule has 6 rings (SSSR count). The lowest BCUT2D eigenvalue weighted by Crippen LogP contribution is -2.34. The average Bonchev–Trinajstić information content (AvgIpc) is 2.89. The van der Waals surface area contributed by atoms with Crippen LogP contribution < -0.4 is 10.1 Å². The van der Waals surface area contributed by atoms with Crippen LogP contribution in [0.15, 0.2) is 59.6 Å². The van der Waals surface area contributed by atoms with E-state index in [0.717, 1.165) is 37.7 Å². The second kappa shape index (κ2) is 8.93. The maximum atomic E-state index is 13.7. The van der Waals surface area contributed by atoms with Crippen LogP contribution in [0.1, 0.15) is 58.0 Å². The fourth-order valence-electron chi connectivity index (χ4n) is 5.38. The molecule has 178 valence electrons. The molecule has 4 aliphatic rings. The number of nitrogens with one attached hydrogen (secondary N) is 1. The topological polar surface area (TPSA) is 71.0 Å². The van der Waals surface area contributed by atoms with Crippen molar-refractivity contribution >= 4 is 28.7 Å². The molecule has 0 radical (unpaired) electrons. The Morgan fingerprint density at radius 3 is 2.57 bits per heavy atom. The molecule has 6 nitrogen and oxygen atoms in total. The fraction of sp³-hybridized carbons (Fsp3) is 0.345. The summed E-state index contributed by atoms with van der Waals surface area (Å²) in [5.41, 5.74) is 3.44. The van der Waals surface area contributed by atoms with Gasteiger partial charge in [-0.25, -0.2) is 4.99 Å². The molecule has 1 atom stereocenters. The third-order valence-corrected chi connectivity index (χ3v) is 7.43. The predicted octanol–water partition coefficient (Wildman–Crippen LogP) is 4.96. The molecule has 0 bridgehead atoms. The summed E-state index contributed by atoms with van der Waals surface area (Å²) in [6.45, 7) is 6.35. The Morgan fingerprint density at radius 1 is 1.06 bits per heavy atom. The summed E-state index contributed by atoms with van der Waals surface area (Å²) in [5, 5.41) is 3.46. The van der Waals surface area contributed by atoms with E-state index in [-0.39, 0.29) is 17.7 Å².